The first kappa shape index (κ1) is 12.9. The number of carbonyl (C=O) groups is 2. The van der Waals surface area contributed by atoms with Gasteiger partial charge in [0.1, 0.15) is 0 Å². The van der Waals surface area contributed by atoms with Gasteiger partial charge in [-0.3, -0.25) is 4.79 Å². The summed E-state index contributed by atoms with van der Waals surface area (Å²) in [6, 6.07) is 4.17. The zero-order valence-electron chi connectivity index (χ0n) is 8.49. The number of rotatable bonds is 4. The summed E-state index contributed by atoms with van der Waals surface area (Å²) >= 11 is 7.23. The molecule has 0 heterocycles. The maximum atomic E-state index is 11.3. The normalized spacial score (nSPS) is 9.88. The summed E-state index contributed by atoms with van der Waals surface area (Å²) < 4.78 is 0. The molecule has 0 aliphatic carbocycles. The van der Waals surface area contributed by atoms with Gasteiger partial charge in [0.05, 0.1) is 22.0 Å². The molecule has 0 saturated carbocycles. The number of anilines is 1. The second-order valence-electron chi connectivity index (χ2n) is 2.98. The summed E-state index contributed by atoms with van der Waals surface area (Å²) in [6.45, 7) is 0. The van der Waals surface area contributed by atoms with E-state index in [-0.39, 0.29) is 16.5 Å². The van der Waals surface area contributed by atoms with Crippen LogP contribution in [0.3, 0.4) is 0 Å². The van der Waals surface area contributed by atoms with Gasteiger partial charge in [0, 0.05) is 0 Å². The Labute approximate surface area is 102 Å². The van der Waals surface area contributed by atoms with Crippen LogP contribution in [0, 0.1) is 0 Å². The number of halogens is 1. The van der Waals surface area contributed by atoms with Crippen molar-refractivity contribution in [1.29, 1.82) is 0 Å². The molecule has 0 unspecified atom stereocenters. The van der Waals surface area contributed by atoms with E-state index < -0.39 is 5.97 Å². The average molecular weight is 260 g/mol. The first-order valence-electron chi connectivity index (χ1n) is 4.36. The van der Waals surface area contributed by atoms with Gasteiger partial charge < -0.3 is 10.4 Å². The van der Waals surface area contributed by atoms with Gasteiger partial charge in [0.15, 0.2) is 0 Å². The molecule has 1 aromatic carbocycles. The highest BCUT2D eigenvalue weighted by atomic mass is 35.5. The minimum Gasteiger partial charge on any atom is -0.478 e. The van der Waals surface area contributed by atoms with E-state index >= 15 is 0 Å². The molecule has 0 fully saturated rings. The van der Waals surface area contributed by atoms with E-state index in [1.165, 1.54) is 30.0 Å². The summed E-state index contributed by atoms with van der Waals surface area (Å²) in [5.41, 5.74) is 0.513. The van der Waals surface area contributed by atoms with Crippen LogP contribution in [0.4, 0.5) is 5.69 Å². The van der Waals surface area contributed by atoms with E-state index in [1.807, 2.05) is 6.26 Å². The molecule has 0 aliphatic rings. The lowest BCUT2D eigenvalue weighted by Crippen LogP contribution is -2.14. The number of thioether (sulfide) groups is 1. The van der Waals surface area contributed by atoms with Gasteiger partial charge >= 0.3 is 5.97 Å². The third-order valence-electron chi connectivity index (χ3n) is 1.77. The van der Waals surface area contributed by atoms with E-state index in [0.717, 1.165) is 0 Å². The van der Waals surface area contributed by atoms with Crippen LogP contribution in [0.1, 0.15) is 10.4 Å². The SMILES string of the molecule is CSCC(=O)Nc1ccc(C(=O)O)cc1Cl. The van der Waals surface area contributed by atoms with Crippen LogP contribution in [0.2, 0.25) is 5.02 Å². The monoisotopic (exact) mass is 259 g/mol. The van der Waals surface area contributed by atoms with Gasteiger partial charge in [0.25, 0.3) is 0 Å². The van der Waals surface area contributed by atoms with Crippen molar-refractivity contribution in [2.24, 2.45) is 0 Å². The number of carbonyl (C=O) groups excluding carboxylic acids is 1. The highest BCUT2D eigenvalue weighted by molar-refractivity contribution is 7.99. The largest absolute Gasteiger partial charge is 0.478 e. The van der Waals surface area contributed by atoms with Crippen molar-refractivity contribution >= 4 is 40.9 Å². The second-order valence-corrected chi connectivity index (χ2v) is 4.25. The number of carboxylic acid groups (broad SMARTS) is 1. The molecule has 0 bridgehead atoms. The number of amides is 1. The highest BCUT2D eigenvalue weighted by Crippen LogP contribution is 2.23. The number of hydrogen-bond donors (Lipinski definition) is 2. The van der Waals surface area contributed by atoms with Crippen LogP contribution in [-0.2, 0) is 4.79 Å². The van der Waals surface area contributed by atoms with Crippen molar-refractivity contribution in [2.75, 3.05) is 17.3 Å². The van der Waals surface area contributed by atoms with Crippen molar-refractivity contribution in [2.45, 2.75) is 0 Å². The Morgan fingerprint density at radius 1 is 1.50 bits per heavy atom. The lowest BCUT2D eigenvalue weighted by molar-refractivity contribution is -0.113. The Balaban J connectivity index is 2.83. The molecular formula is C10H10ClNO3S. The maximum absolute atomic E-state index is 11.3. The van der Waals surface area contributed by atoms with Crippen molar-refractivity contribution in [3.8, 4) is 0 Å². The average Bonchev–Trinajstić information content (AvgIpc) is 2.21. The summed E-state index contributed by atoms with van der Waals surface area (Å²) in [7, 11) is 0. The standard InChI is InChI=1S/C10H10ClNO3S/c1-16-5-9(13)12-8-3-2-6(10(14)15)4-7(8)11/h2-4H,5H2,1H3,(H,12,13)(H,14,15). The minimum atomic E-state index is -1.05. The molecule has 2 N–H and O–H groups in total. The maximum Gasteiger partial charge on any atom is 0.335 e. The molecule has 0 aliphatic heterocycles. The number of benzene rings is 1. The second kappa shape index (κ2) is 5.77. The van der Waals surface area contributed by atoms with Crippen LogP contribution in [-0.4, -0.2) is 29.0 Å². The summed E-state index contributed by atoms with van der Waals surface area (Å²) in [5.74, 6) is -0.891. The topological polar surface area (TPSA) is 66.4 Å². The third-order valence-corrected chi connectivity index (χ3v) is 2.63. The molecule has 1 rings (SSSR count). The zero-order valence-corrected chi connectivity index (χ0v) is 10.1. The van der Waals surface area contributed by atoms with Crippen LogP contribution < -0.4 is 5.32 Å². The fraction of sp³-hybridized carbons (Fsp3) is 0.200. The van der Waals surface area contributed by atoms with Crippen LogP contribution >= 0.6 is 23.4 Å². The third kappa shape index (κ3) is 3.43. The molecule has 1 amide bonds. The van der Waals surface area contributed by atoms with E-state index in [9.17, 15) is 9.59 Å². The fourth-order valence-corrected chi connectivity index (χ4v) is 1.63. The Morgan fingerprint density at radius 2 is 2.19 bits per heavy atom. The number of nitrogens with one attached hydrogen (secondary N) is 1. The summed E-state index contributed by atoms with van der Waals surface area (Å²) in [6.07, 6.45) is 1.81. The Morgan fingerprint density at radius 3 is 2.69 bits per heavy atom. The van der Waals surface area contributed by atoms with E-state index in [4.69, 9.17) is 16.7 Å². The molecule has 0 atom stereocenters. The van der Waals surface area contributed by atoms with Gasteiger partial charge in [0.2, 0.25) is 5.91 Å². The molecule has 0 spiro atoms. The van der Waals surface area contributed by atoms with E-state index in [2.05, 4.69) is 5.32 Å². The molecular weight excluding hydrogens is 250 g/mol. The van der Waals surface area contributed by atoms with E-state index in [0.29, 0.717) is 11.4 Å². The van der Waals surface area contributed by atoms with Gasteiger partial charge in [-0.15, -0.1) is 0 Å². The Hall–Kier alpha value is -1.20. The Kier molecular flexibility index (Phi) is 4.64. The van der Waals surface area contributed by atoms with Crippen LogP contribution in [0.5, 0.6) is 0 Å². The molecule has 0 saturated heterocycles. The highest BCUT2D eigenvalue weighted by Gasteiger charge is 2.08. The van der Waals surface area contributed by atoms with Crippen molar-refractivity contribution < 1.29 is 14.7 Å². The van der Waals surface area contributed by atoms with Gasteiger partial charge in [-0.05, 0) is 24.5 Å². The number of carboxylic acids is 1. The van der Waals surface area contributed by atoms with Crippen molar-refractivity contribution in [3.05, 3.63) is 28.8 Å². The first-order chi connectivity index (χ1) is 7.54. The lowest BCUT2D eigenvalue weighted by atomic mass is 10.2. The summed E-state index contributed by atoms with van der Waals surface area (Å²) in [4.78, 5) is 21.9. The number of hydrogen-bond acceptors (Lipinski definition) is 3. The molecule has 0 radical (unpaired) electrons. The quantitative estimate of drug-likeness (QED) is 0.871. The molecule has 16 heavy (non-hydrogen) atoms. The van der Waals surface area contributed by atoms with Crippen LogP contribution in [0.15, 0.2) is 18.2 Å². The van der Waals surface area contributed by atoms with Gasteiger partial charge in [-0.25, -0.2) is 4.79 Å². The molecule has 4 nitrogen and oxygen atoms in total. The predicted octanol–water partition coefficient (Wildman–Crippen LogP) is 2.34. The van der Waals surface area contributed by atoms with Crippen molar-refractivity contribution in [1.82, 2.24) is 0 Å². The lowest BCUT2D eigenvalue weighted by Gasteiger charge is -2.06. The molecule has 6 heteroatoms. The van der Waals surface area contributed by atoms with E-state index in [1.54, 1.807) is 0 Å². The molecule has 1 aromatic rings. The van der Waals surface area contributed by atoms with Crippen LogP contribution in [0.25, 0.3) is 0 Å². The molecule has 0 aromatic heterocycles. The van der Waals surface area contributed by atoms with Crippen molar-refractivity contribution in [3.63, 3.8) is 0 Å². The van der Waals surface area contributed by atoms with Gasteiger partial charge in [-0.1, -0.05) is 11.6 Å². The fourth-order valence-electron chi connectivity index (χ4n) is 1.07. The minimum absolute atomic E-state index is 0.0906. The predicted molar refractivity (Wildman–Crippen MR) is 65.4 cm³/mol. The molecule has 86 valence electrons. The zero-order chi connectivity index (χ0) is 12.1. The smallest absolute Gasteiger partial charge is 0.335 e. The Bertz CT molecular complexity index is 423. The van der Waals surface area contributed by atoms with Gasteiger partial charge in [-0.2, -0.15) is 11.8 Å². The number of aromatic carboxylic acids is 1. The first-order valence-corrected chi connectivity index (χ1v) is 6.13. The summed E-state index contributed by atoms with van der Waals surface area (Å²) in [5, 5.41) is 11.5.